The van der Waals surface area contributed by atoms with Crippen molar-refractivity contribution in [1.82, 2.24) is 4.98 Å². The molecule has 5 heteroatoms. The Labute approximate surface area is 91.5 Å². The molecule has 14 heavy (non-hydrogen) atoms. The fourth-order valence-electron chi connectivity index (χ4n) is 0.863. The number of carbonyl (C=O) groups is 1. The summed E-state index contributed by atoms with van der Waals surface area (Å²) in [5.74, 6) is -0.391. The minimum absolute atomic E-state index is 0.177. The molecule has 1 amide bonds. The second-order valence-corrected chi connectivity index (χ2v) is 3.31. The second-order valence-electron chi connectivity index (χ2n) is 2.58. The summed E-state index contributed by atoms with van der Waals surface area (Å²) in [5.41, 5.74) is 5.68. The maximum absolute atomic E-state index is 10.4. The summed E-state index contributed by atoms with van der Waals surface area (Å²) in [6, 6.07) is 1.70. The first-order chi connectivity index (χ1) is 6.61. The number of carbonyl (C=O) groups excluding carboxylic acids is 1. The monoisotopic (exact) mass is 230 g/mol. The highest BCUT2D eigenvalue weighted by Crippen LogP contribution is 2.24. The number of halogens is 2. The van der Waals surface area contributed by atoms with Crippen LogP contribution in [0, 0.1) is 0 Å². The minimum atomic E-state index is -0.391. The van der Waals surface area contributed by atoms with Crippen LogP contribution in [0.4, 0.5) is 0 Å². The largest absolute Gasteiger partial charge is 0.369 e. The van der Waals surface area contributed by atoms with Crippen LogP contribution in [0.1, 0.15) is 12.0 Å². The molecule has 1 rings (SSSR count). The molecule has 3 nitrogen and oxygen atoms in total. The highest BCUT2D eigenvalue weighted by atomic mass is 35.5. The fraction of sp³-hybridized carbons (Fsp3) is 0.111. The number of aromatic nitrogens is 1. The van der Waals surface area contributed by atoms with Gasteiger partial charge in [0, 0.05) is 12.6 Å². The number of pyridine rings is 1. The van der Waals surface area contributed by atoms with Gasteiger partial charge in [-0.15, -0.1) is 0 Å². The topological polar surface area (TPSA) is 56.0 Å². The standard InChI is InChI=1S/C9H8Cl2N2O/c10-8-6(2-1-3-7(12)14)4-5-13-9(8)11/h1-2,4-5H,3H2,(H2,12,14). The number of hydrogen-bond donors (Lipinski definition) is 1. The lowest BCUT2D eigenvalue weighted by molar-refractivity contribution is -0.117. The lowest BCUT2D eigenvalue weighted by atomic mass is 10.2. The molecule has 1 heterocycles. The van der Waals surface area contributed by atoms with Crippen LogP contribution in [-0.2, 0) is 4.79 Å². The van der Waals surface area contributed by atoms with Crippen LogP contribution >= 0.6 is 23.2 Å². The quantitative estimate of drug-likeness (QED) is 0.811. The van der Waals surface area contributed by atoms with Crippen molar-refractivity contribution in [1.29, 1.82) is 0 Å². The Hall–Kier alpha value is -1.06. The van der Waals surface area contributed by atoms with Gasteiger partial charge in [0.25, 0.3) is 0 Å². The van der Waals surface area contributed by atoms with E-state index in [1.165, 1.54) is 6.20 Å². The average Bonchev–Trinajstić information content (AvgIpc) is 2.12. The van der Waals surface area contributed by atoms with E-state index in [1.54, 1.807) is 18.2 Å². The summed E-state index contributed by atoms with van der Waals surface area (Å²) < 4.78 is 0. The van der Waals surface area contributed by atoms with Gasteiger partial charge in [-0.05, 0) is 11.6 Å². The minimum Gasteiger partial charge on any atom is -0.369 e. The van der Waals surface area contributed by atoms with Crippen LogP contribution in [0.15, 0.2) is 18.3 Å². The normalized spacial score (nSPS) is 10.7. The molecular formula is C9H8Cl2N2O. The van der Waals surface area contributed by atoms with Crippen LogP contribution in [0.3, 0.4) is 0 Å². The van der Waals surface area contributed by atoms with E-state index in [-0.39, 0.29) is 11.6 Å². The highest BCUT2D eigenvalue weighted by molar-refractivity contribution is 6.42. The van der Waals surface area contributed by atoms with E-state index < -0.39 is 5.91 Å². The third-order valence-corrected chi connectivity index (χ3v) is 2.27. The molecule has 0 radical (unpaired) electrons. The number of primary amides is 1. The van der Waals surface area contributed by atoms with Crippen molar-refractivity contribution >= 4 is 35.2 Å². The number of hydrogen-bond acceptors (Lipinski definition) is 2. The molecule has 0 unspecified atom stereocenters. The molecule has 74 valence electrons. The Morgan fingerprint density at radius 2 is 2.29 bits per heavy atom. The van der Waals surface area contributed by atoms with Crippen molar-refractivity contribution in [2.75, 3.05) is 0 Å². The molecule has 0 aliphatic carbocycles. The number of amides is 1. The summed E-state index contributed by atoms with van der Waals surface area (Å²) in [6.45, 7) is 0. The Morgan fingerprint density at radius 1 is 1.57 bits per heavy atom. The zero-order valence-electron chi connectivity index (χ0n) is 7.21. The van der Waals surface area contributed by atoms with E-state index in [0.29, 0.717) is 10.6 Å². The molecule has 0 aliphatic rings. The van der Waals surface area contributed by atoms with Crippen LogP contribution in [0.2, 0.25) is 10.2 Å². The Kier molecular flexibility index (Phi) is 3.92. The van der Waals surface area contributed by atoms with Crippen LogP contribution in [-0.4, -0.2) is 10.9 Å². The maximum Gasteiger partial charge on any atom is 0.221 e. The van der Waals surface area contributed by atoms with Crippen molar-refractivity contribution in [2.24, 2.45) is 5.73 Å². The van der Waals surface area contributed by atoms with Crippen LogP contribution in [0.25, 0.3) is 6.08 Å². The van der Waals surface area contributed by atoms with Crippen molar-refractivity contribution in [3.05, 3.63) is 34.1 Å². The Balaban J connectivity index is 2.81. The molecule has 0 atom stereocenters. The van der Waals surface area contributed by atoms with Gasteiger partial charge in [0.15, 0.2) is 0 Å². The van der Waals surface area contributed by atoms with Gasteiger partial charge >= 0.3 is 0 Å². The van der Waals surface area contributed by atoms with Gasteiger partial charge in [-0.2, -0.15) is 0 Å². The molecule has 0 fully saturated rings. The third kappa shape index (κ3) is 3.01. The van der Waals surface area contributed by atoms with E-state index in [2.05, 4.69) is 4.98 Å². The van der Waals surface area contributed by atoms with Gasteiger partial charge in [-0.3, -0.25) is 4.79 Å². The van der Waals surface area contributed by atoms with E-state index >= 15 is 0 Å². The van der Waals surface area contributed by atoms with E-state index in [9.17, 15) is 4.79 Å². The fourth-order valence-corrected chi connectivity index (χ4v) is 1.20. The van der Waals surface area contributed by atoms with Crippen molar-refractivity contribution in [3.8, 4) is 0 Å². The highest BCUT2D eigenvalue weighted by Gasteiger charge is 2.01. The second kappa shape index (κ2) is 4.98. The van der Waals surface area contributed by atoms with E-state index in [1.807, 2.05) is 0 Å². The zero-order valence-corrected chi connectivity index (χ0v) is 8.72. The Morgan fingerprint density at radius 3 is 2.93 bits per heavy atom. The van der Waals surface area contributed by atoms with Gasteiger partial charge in [-0.1, -0.05) is 35.4 Å². The summed E-state index contributed by atoms with van der Waals surface area (Å²) >= 11 is 11.5. The van der Waals surface area contributed by atoms with Gasteiger partial charge in [0.1, 0.15) is 5.15 Å². The molecule has 0 aromatic carbocycles. The first-order valence-electron chi connectivity index (χ1n) is 3.86. The maximum atomic E-state index is 10.4. The van der Waals surface area contributed by atoms with Crippen molar-refractivity contribution in [3.63, 3.8) is 0 Å². The molecule has 2 N–H and O–H groups in total. The average molecular weight is 231 g/mol. The lowest BCUT2D eigenvalue weighted by Gasteiger charge is -1.98. The predicted octanol–water partition coefficient (Wildman–Crippen LogP) is 2.28. The zero-order chi connectivity index (χ0) is 10.6. The first-order valence-corrected chi connectivity index (χ1v) is 4.61. The lowest BCUT2D eigenvalue weighted by Crippen LogP contribution is -2.07. The number of nitrogens with zero attached hydrogens (tertiary/aromatic N) is 1. The molecule has 0 saturated carbocycles. The molecule has 1 aromatic rings. The molecular weight excluding hydrogens is 223 g/mol. The van der Waals surface area contributed by atoms with Gasteiger partial charge in [0.2, 0.25) is 5.91 Å². The van der Waals surface area contributed by atoms with E-state index in [0.717, 1.165) is 0 Å². The number of nitrogens with two attached hydrogens (primary N) is 1. The van der Waals surface area contributed by atoms with Gasteiger partial charge in [0.05, 0.1) is 5.02 Å². The Bertz CT molecular complexity index is 377. The van der Waals surface area contributed by atoms with Crippen LogP contribution < -0.4 is 5.73 Å². The van der Waals surface area contributed by atoms with Crippen molar-refractivity contribution < 1.29 is 4.79 Å². The van der Waals surface area contributed by atoms with Crippen molar-refractivity contribution in [2.45, 2.75) is 6.42 Å². The predicted molar refractivity (Wildman–Crippen MR) is 57.1 cm³/mol. The van der Waals surface area contributed by atoms with E-state index in [4.69, 9.17) is 28.9 Å². The molecule has 0 bridgehead atoms. The summed E-state index contributed by atoms with van der Waals surface area (Å²) in [4.78, 5) is 14.2. The smallest absolute Gasteiger partial charge is 0.221 e. The SMILES string of the molecule is NC(=O)CC=Cc1ccnc(Cl)c1Cl. The van der Waals surface area contributed by atoms with Gasteiger partial charge < -0.3 is 5.73 Å². The third-order valence-electron chi connectivity index (χ3n) is 1.49. The molecule has 0 spiro atoms. The summed E-state index contributed by atoms with van der Waals surface area (Å²) in [6.07, 6.45) is 5.02. The first kappa shape index (κ1) is 11.0. The van der Waals surface area contributed by atoms with Gasteiger partial charge in [-0.25, -0.2) is 4.98 Å². The van der Waals surface area contributed by atoms with Crippen LogP contribution in [0.5, 0.6) is 0 Å². The number of rotatable bonds is 3. The molecule has 0 aliphatic heterocycles. The molecule has 1 aromatic heterocycles. The molecule has 0 saturated heterocycles. The summed E-state index contributed by atoms with van der Waals surface area (Å²) in [7, 11) is 0. The summed E-state index contributed by atoms with van der Waals surface area (Å²) in [5, 5.41) is 0.614.